The van der Waals surface area contributed by atoms with E-state index in [1.165, 1.54) is 23.5 Å². The Hall–Kier alpha value is -2.57. The fourth-order valence-corrected chi connectivity index (χ4v) is 2.88. The summed E-state index contributed by atoms with van der Waals surface area (Å²) in [6.45, 7) is 1.76. The van der Waals surface area contributed by atoms with Crippen LogP contribution < -0.4 is 5.43 Å². The molecule has 3 aromatic rings. The van der Waals surface area contributed by atoms with E-state index in [2.05, 4.69) is 15.5 Å². The number of aromatic hydroxyl groups is 2. The third kappa shape index (κ3) is 3.67. The number of hydrogen-bond acceptors (Lipinski definition) is 6. The maximum Gasteiger partial charge on any atom is 0.203 e. The van der Waals surface area contributed by atoms with Crippen molar-refractivity contribution in [2.75, 3.05) is 5.43 Å². The molecular formula is C17H14ClN3O2S. The number of phenolic OH excluding ortho intramolecular Hbond substituents is 2. The highest BCUT2D eigenvalue weighted by molar-refractivity contribution is 7.14. The van der Waals surface area contributed by atoms with Gasteiger partial charge in [-0.1, -0.05) is 23.7 Å². The second-order valence-corrected chi connectivity index (χ2v) is 6.35. The topological polar surface area (TPSA) is 77.7 Å². The molecule has 5 nitrogen and oxygen atoms in total. The van der Waals surface area contributed by atoms with Crippen molar-refractivity contribution in [3.8, 4) is 22.8 Å². The van der Waals surface area contributed by atoms with E-state index in [0.717, 1.165) is 11.3 Å². The number of benzene rings is 2. The lowest BCUT2D eigenvalue weighted by molar-refractivity contribution is 0.450. The lowest BCUT2D eigenvalue weighted by Crippen LogP contribution is -2.00. The summed E-state index contributed by atoms with van der Waals surface area (Å²) >= 11 is 7.31. The van der Waals surface area contributed by atoms with Crippen LogP contribution in [0, 0.1) is 0 Å². The summed E-state index contributed by atoms with van der Waals surface area (Å²) in [6.07, 6.45) is 0. The molecule has 0 bridgehead atoms. The number of thiazole rings is 1. The van der Waals surface area contributed by atoms with Gasteiger partial charge in [0.2, 0.25) is 5.13 Å². The minimum absolute atomic E-state index is 0.00420. The average Bonchev–Trinajstić information content (AvgIpc) is 3.02. The fraction of sp³-hybridized carbons (Fsp3) is 0.0588. The average molecular weight is 360 g/mol. The van der Waals surface area contributed by atoms with Gasteiger partial charge in [0.05, 0.1) is 11.4 Å². The van der Waals surface area contributed by atoms with E-state index in [4.69, 9.17) is 11.6 Å². The molecule has 0 saturated heterocycles. The highest BCUT2D eigenvalue weighted by atomic mass is 35.5. The summed E-state index contributed by atoms with van der Waals surface area (Å²) in [5.41, 5.74) is 5.80. The summed E-state index contributed by atoms with van der Waals surface area (Å²) in [5, 5.41) is 26.6. The summed E-state index contributed by atoms with van der Waals surface area (Å²) in [6, 6.07) is 11.8. The van der Waals surface area contributed by atoms with Gasteiger partial charge in [-0.3, -0.25) is 5.43 Å². The zero-order chi connectivity index (χ0) is 17.1. The van der Waals surface area contributed by atoms with Crippen molar-refractivity contribution in [3.63, 3.8) is 0 Å². The van der Waals surface area contributed by atoms with Crippen LogP contribution in [0.4, 0.5) is 5.13 Å². The largest absolute Gasteiger partial charge is 0.508 e. The minimum Gasteiger partial charge on any atom is -0.508 e. The molecule has 0 aliphatic carbocycles. The number of phenols is 2. The first-order chi connectivity index (χ1) is 11.5. The van der Waals surface area contributed by atoms with Gasteiger partial charge in [0.1, 0.15) is 11.5 Å². The number of halogens is 1. The van der Waals surface area contributed by atoms with Crippen LogP contribution in [0.1, 0.15) is 12.5 Å². The highest BCUT2D eigenvalue weighted by Gasteiger charge is 2.07. The van der Waals surface area contributed by atoms with Crippen LogP contribution >= 0.6 is 22.9 Å². The maximum absolute atomic E-state index is 9.84. The molecule has 0 atom stereocenters. The number of aromatic nitrogens is 1. The summed E-state index contributed by atoms with van der Waals surface area (Å²) in [4.78, 5) is 4.47. The molecule has 7 heteroatoms. The Morgan fingerprint density at radius 2 is 1.92 bits per heavy atom. The van der Waals surface area contributed by atoms with Gasteiger partial charge in [-0.25, -0.2) is 4.98 Å². The summed E-state index contributed by atoms with van der Waals surface area (Å²) in [5.74, 6) is -0.0245. The molecule has 0 saturated carbocycles. The van der Waals surface area contributed by atoms with Crippen molar-refractivity contribution < 1.29 is 10.2 Å². The Morgan fingerprint density at radius 3 is 2.62 bits per heavy atom. The second kappa shape index (κ2) is 6.90. The smallest absolute Gasteiger partial charge is 0.203 e. The van der Waals surface area contributed by atoms with Crippen LogP contribution in [-0.2, 0) is 0 Å². The van der Waals surface area contributed by atoms with Gasteiger partial charge in [-0.15, -0.1) is 11.3 Å². The van der Waals surface area contributed by atoms with E-state index in [9.17, 15) is 10.2 Å². The number of rotatable bonds is 4. The predicted octanol–water partition coefficient (Wildman–Crippen LogP) is 4.71. The van der Waals surface area contributed by atoms with Crippen molar-refractivity contribution >= 4 is 33.8 Å². The van der Waals surface area contributed by atoms with Crippen LogP contribution in [0.25, 0.3) is 11.3 Å². The number of nitrogens with zero attached hydrogens (tertiary/aromatic N) is 2. The first-order valence-electron chi connectivity index (χ1n) is 7.07. The molecular weight excluding hydrogens is 346 g/mol. The normalized spacial score (nSPS) is 11.5. The summed E-state index contributed by atoms with van der Waals surface area (Å²) in [7, 11) is 0. The molecule has 0 amide bonds. The van der Waals surface area contributed by atoms with Crippen molar-refractivity contribution in [2.24, 2.45) is 5.10 Å². The van der Waals surface area contributed by atoms with Crippen LogP contribution in [0.5, 0.6) is 11.5 Å². The van der Waals surface area contributed by atoms with E-state index in [1.807, 2.05) is 29.6 Å². The van der Waals surface area contributed by atoms with E-state index in [-0.39, 0.29) is 11.5 Å². The van der Waals surface area contributed by atoms with Crippen LogP contribution in [0.15, 0.2) is 52.9 Å². The Labute approximate surface area is 147 Å². The SMILES string of the molecule is C/C(=N\Nc1nc(-c2ccc(Cl)cc2)cs1)c1ccc(O)cc1O. The van der Waals surface area contributed by atoms with Crippen LogP contribution in [0.3, 0.4) is 0 Å². The molecule has 0 aliphatic heterocycles. The van der Waals surface area contributed by atoms with Crippen LogP contribution in [-0.4, -0.2) is 20.9 Å². The molecule has 0 spiro atoms. The Kier molecular flexibility index (Phi) is 4.69. The predicted molar refractivity (Wildman–Crippen MR) is 98.2 cm³/mol. The number of nitrogens with one attached hydrogen (secondary N) is 1. The number of hydrazone groups is 1. The Balaban J connectivity index is 1.76. The van der Waals surface area contributed by atoms with Crippen molar-refractivity contribution in [3.05, 3.63) is 58.4 Å². The van der Waals surface area contributed by atoms with E-state index < -0.39 is 0 Å². The van der Waals surface area contributed by atoms with Crippen molar-refractivity contribution in [2.45, 2.75) is 6.92 Å². The van der Waals surface area contributed by atoms with E-state index in [0.29, 0.717) is 21.4 Å². The second-order valence-electron chi connectivity index (χ2n) is 5.06. The number of anilines is 1. The standard InChI is InChI=1S/C17H14ClN3O2S/c1-10(14-7-6-13(22)8-16(14)23)20-21-17-19-15(9-24-17)11-2-4-12(18)5-3-11/h2-9,22-23H,1H3,(H,19,21)/b20-10+. The van der Waals surface area contributed by atoms with Gasteiger partial charge >= 0.3 is 0 Å². The molecule has 0 fully saturated rings. The zero-order valence-electron chi connectivity index (χ0n) is 12.7. The first kappa shape index (κ1) is 16.3. The molecule has 1 heterocycles. The van der Waals surface area contributed by atoms with E-state index in [1.54, 1.807) is 13.0 Å². The van der Waals surface area contributed by atoms with E-state index >= 15 is 0 Å². The molecule has 0 unspecified atom stereocenters. The molecule has 24 heavy (non-hydrogen) atoms. The lowest BCUT2D eigenvalue weighted by atomic mass is 10.1. The minimum atomic E-state index is -0.0287. The summed E-state index contributed by atoms with van der Waals surface area (Å²) < 4.78 is 0. The Bertz CT molecular complexity index is 891. The molecule has 122 valence electrons. The molecule has 0 aliphatic rings. The van der Waals surface area contributed by atoms with Crippen molar-refractivity contribution in [1.29, 1.82) is 0 Å². The molecule has 2 aromatic carbocycles. The van der Waals surface area contributed by atoms with Gasteiger partial charge in [0, 0.05) is 27.6 Å². The number of hydrogen-bond donors (Lipinski definition) is 3. The van der Waals surface area contributed by atoms with Gasteiger partial charge in [0.25, 0.3) is 0 Å². The van der Waals surface area contributed by atoms with Crippen molar-refractivity contribution in [1.82, 2.24) is 4.98 Å². The third-order valence-electron chi connectivity index (χ3n) is 3.33. The molecule has 3 rings (SSSR count). The maximum atomic E-state index is 9.84. The van der Waals surface area contributed by atoms with Gasteiger partial charge in [0.15, 0.2) is 0 Å². The Morgan fingerprint density at radius 1 is 1.17 bits per heavy atom. The molecule has 0 radical (unpaired) electrons. The highest BCUT2D eigenvalue weighted by Crippen LogP contribution is 2.27. The first-order valence-corrected chi connectivity index (χ1v) is 8.33. The van der Waals surface area contributed by atoms with Crippen LogP contribution in [0.2, 0.25) is 5.02 Å². The third-order valence-corrected chi connectivity index (χ3v) is 4.33. The zero-order valence-corrected chi connectivity index (χ0v) is 14.3. The molecule has 1 aromatic heterocycles. The van der Waals surface area contributed by atoms with Gasteiger partial charge in [-0.05, 0) is 31.2 Å². The lowest BCUT2D eigenvalue weighted by Gasteiger charge is -2.04. The van der Waals surface area contributed by atoms with Gasteiger partial charge in [-0.2, -0.15) is 5.10 Å². The van der Waals surface area contributed by atoms with Gasteiger partial charge < -0.3 is 10.2 Å². The quantitative estimate of drug-likeness (QED) is 0.465. The monoisotopic (exact) mass is 359 g/mol. The molecule has 3 N–H and O–H groups in total. The fourth-order valence-electron chi connectivity index (χ4n) is 2.10.